The lowest BCUT2D eigenvalue weighted by molar-refractivity contribution is 0.356. The minimum Gasteiger partial charge on any atom is -0.493 e. The van der Waals surface area contributed by atoms with Gasteiger partial charge in [-0.05, 0) is 24.6 Å². The van der Waals surface area contributed by atoms with Crippen molar-refractivity contribution in [3.63, 3.8) is 0 Å². The molecule has 0 saturated carbocycles. The topological polar surface area (TPSA) is 62.3 Å². The lowest BCUT2D eigenvalue weighted by Crippen LogP contribution is -1.97. The van der Waals surface area contributed by atoms with Crippen LogP contribution in [0, 0.1) is 6.92 Å². The SMILES string of the molecule is COc1cc(C)cc(-c2cc(N)n(C)n2)c1OC. The summed E-state index contributed by atoms with van der Waals surface area (Å²) in [5.74, 6) is 1.96. The third-order valence-electron chi connectivity index (χ3n) is 2.82. The largest absolute Gasteiger partial charge is 0.493 e. The number of hydrogen-bond donors (Lipinski definition) is 1. The van der Waals surface area contributed by atoms with Gasteiger partial charge in [0, 0.05) is 18.7 Å². The molecule has 5 heteroatoms. The number of nitrogen functional groups attached to an aromatic ring is 1. The molecule has 0 radical (unpaired) electrons. The fourth-order valence-corrected chi connectivity index (χ4v) is 1.91. The zero-order valence-electron chi connectivity index (χ0n) is 11.0. The van der Waals surface area contributed by atoms with E-state index in [9.17, 15) is 0 Å². The van der Waals surface area contributed by atoms with Gasteiger partial charge in [0.15, 0.2) is 11.5 Å². The number of aromatic nitrogens is 2. The number of methoxy groups -OCH3 is 2. The quantitative estimate of drug-likeness (QED) is 0.901. The van der Waals surface area contributed by atoms with Crippen molar-refractivity contribution in [1.29, 1.82) is 0 Å². The number of nitrogens with zero attached hydrogens (tertiary/aromatic N) is 2. The highest BCUT2D eigenvalue weighted by Crippen LogP contribution is 2.38. The number of rotatable bonds is 3. The number of benzene rings is 1. The first-order valence-electron chi connectivity index (χ1n) is 5.59. The van der Waals surface area contributed by atoms with Crippen LogP contribution in [-0.4, -0.2) is 24.0 Å². The average molecular weight is 247 g/mol. The molecule has 0 fully saturated rings. The molecule has 0 aliphatic rings. The smallest absolute Gasteiger partial charge is 0.170 e. The number of aryl methyl sites for hydroxylation is 2. The van der Waals surface area contributed by atoms with Crippen molar-refractivity contribution in [2.24, 2.45) is 7.05 Å². The van der Waals surface area contributed by atoms with Gasteiger partial charge in [0.2, 0.25) is 0 Å². The summed E-state index contributed by atoms with van der Waals surface area (Å²) in [4.78, 5) is 0. The Labute approximate surface area is 106 Å². The van der Waals surface area contributed by atoms with Crippen LogP contribution in [0.3, 0.4) is 0 Å². The van der Waals surface area contributed by atoms with Crippen LogP contribution in [0.2, 0.25) is 0 Å². The maximum Gasteiger partial charge on any atom is 0.170 e. The zero-order chi connectivity index (χ0) is 13.3. The maximum atomic E-state index is 5.81. The molecule has 0 amide bonds. The van der Waals surface area contributed by atoms with E-state index in [1.165, 1.54) is 0 Å². The summed E-state index contributed by atoms with van der Waals surface area (Å²) in [5, 5.41) is 4.36. The van der Waals surface area contributed by atoms with Gasteiger partial charge >= 0.3 is 0 Å². The van der Waals surface area contributed by atoms with Crippen molar-refractivity contribution >= 4 is 5.82 Å². The summed E-state index contributed by atoms with van der Waals surface area (Å²) in [5.41, 5.74) is 8.53. The summed E-state index contributed by atoms with van der Waals surface area (Å²) in [6.45, 7) is 2.00. The molecule has 2 N–H and O–H groups in total. The van der Waals surface area contributed by atoms with Gasteiger partial charge in [0.05, 0.1) is 19.9 Å². The van der Waals surface area contributed by atoms with Crippen LogP contribution < -0.4 is 15.2 Å². The predicted octanol–water partition coefficient (Wildman–Crippen LogP) is 1.99. The molecular formula is C13H17N3O2. The van der Waals surface area contributed by atoms with Gasteiger partial charge in [-0.3, -0.25) is 4.68 Å². The lowest BCUT2D eigenvalue weighted by Gasteiger charge is -2.12. The Kier molecular flexibility index (Phi) is 3.14. The third-order valence-corrected chi connectivity index (χ3v) is 2.82. The van der Waals surface area contributed by atoms with E-state index in [0.29, 0.717) is 17.3 Å². The Bertz CT molecular complexity index is 556. The van der Waals surface area contributed by atoms with E-state index in [0.717, 1.165) is 16.8 Å². The van der Waals surface area contributed by atoms with E-state index in [-0.39, 0.29) is 0 Å². The third kappa shape index (κ3) is 1.99. The highest BCUT2D eigenvalue weighted by Gasteiger charge is 2.15. The molecule has 0 atom stereocenters. The van der Waals surface area contributed by atoms with Crippen molar-refractivity contribution < 1.29 is 9.47 Å². The van der Waals surface area contributed by atoms with Crippen LogP contribution in [0.25, 0.3) is 11.3 Å². The summed E-state index contributed by atoms with van der Waals surface area (Å²) in [6, 6.07) is 5.74. The molecule has 1 aromatic carbocycles. The Balaban J connectivity index is 2.65. The molecule has 0 aliphatic heterocycles. The van der Waals surface area contributed by atoms with Crippen LogP contribution in [0.4, 0.5) is 5.82 Å². The molecule has 0 saturated heterocycles. The van der Waals surface area contributed by atoms with Crippen LogP contribution >= 0.6 is 0 Å². The molecule has 1 aromatic heterocycles. The fourth-order valence-electron chi connectivity index (χ4n) is 1.91. The fraction of sp³-hybridized carbons (Fsp3) is 0.308. The molecule has 2 rings (SSSR count). The first-order chi connectivity index (χ1) is 8.56. The van der Waals surface area contributed by atoms with Crippen LogP contribution in [0.15, 0.2) is 18.2 Å². The molecular weight excluding hydrogens is 230 g/mol. The van der Waals surface area contributed by atoms with Crippen molar-refractivity contribution in [2.75, 3.05) is 20.0 Å². The second kappa shape index (κ2) is 4.60. The molecule has 96 valence electrons. The van der Waals surface area contributed by atoms with Gasteiger partial charge in [-0.25, -0.2) is 0 Å². The van der Waals surface area contributed by atoms with Crippen molar-refractivity contribution in [3.05, 3.63) is 23.8 Å². The molecule has 18 heavy (non-hydrogen) atoms. The van der Waals surface area contributed by atoms with E-state index in [1.54, 1.807) is 25.9 Å². The Hall–Kier alpha value is -2.17. The highest BCUT2D eigenvalue weighted by atomic mass is 16.5. The standard InChI is InChI=1S/C13H17N3O2/c1-8-5-9(10-7-12(14)16(2)15-10)13(18-4)11(6-8)17-3/h5-7H,14H2,1-4H3. The molecule has 0 aliphatic carbocycles. The first-order valence-corrected chi connectivity index (χ1v) is 5.59. The van der Waals surface area contributed by atoms with Crippen LogP contribution in [0.1, 0.15) is 5.56 Å². The van der Waals surface area contributed by atoms with E-state index in [1.807, 2.05) is 25.1 Å². The minimum absolute atomic E-state index is 0.604. The number of nitrogens with two attached hydrogens (primary N) is 1. The monoisotopic (exact) mass is 247 g/mol. The number of hydrogen-bond acceptors (Lipinski definition) is 4. The van der Waals surface area contributed by atoms with Gasteiger partial charge < -0.3 is 15.2 Å². The summed E-state index contributed by atoms with van der Waals surface area (Å²) in [7, 11) is 5.04. The summed E-state index contributed by atoms with van der Waals surface area (Å²) >= 11 is 0. The lowest BCUT2D eigenvalue weighted by atomic mass is 10.1. The van der Waals surface area contributed by atoms with E-state index in [2.05, 4.69) is 5.10 Å². The Morgan fingerprint density at radius 2 is 1.89 bits per heavy atom. The van der Waals surface area contributed by atoms with Crippen LogP contribution in [-0.2, 0) is 7.05 Å². The second-order valence-electron chi connectivity index (χ2n) is 4.13. The molecule has 0 spiro atoms. The van der Waals surface area contributed by atoms with E-state index < -0.39 is 0 Å². The molecule has 5 nitrogen and oxygen atoms in total. The van der Waals surface area contributed by atoms with Crippen molar-refractivity contribution in [3.8, 4) is 22.8 Å². The first kappa shape index (κ1) is 12.3. The van der Waals surface area contributed by atoms with Gasteiger partial charge in [-0.15, -0.1) is 0 Å². The highest BCUT2D eigenvalue weighted by molar-refractivity contribution is 5.73. The summed E-state index contributed by atoms with van der Waals surface area (Å²) < 4.78 is 12.4. The van der Waals surface area contributed by atoms with Gasteiger partial charge in [0.1, 0.15) is 5.82 Å². The molecule has 2 aromatic rings. The summed E-state index contributed by atoms with van der Waals surface area (Å²) in [6.07, 6.45) is 0. The van der Waals surface area contributed by atoms with Gasteiger partial charge in [-0.2, -0.15) is 5.10 Å². The van der Waals surface area contributed by atoms with E-state index in [4.69, 9.17) is 15.2 Å². The Morgan fingerprint density at radius 3 is 2.39 bits per heavy atom. The van der Waals surface area contributed by atoms with Crippen LogP contribution in [0.5, 0.6) is 11.5 Å². The minimum atomic E-state index is 0.604. The van der Waals surface area contributed by atoms with Gasteiger partial charge in [0.25, 0.3) is 0 Å². The average Bonchev–Trinajstić information content (AvgIpc) is 2.68. The number of anilines is 1. The zero-order valence-corrected chi connectivity index (χ0v) is 11.0. The molecule has 0 bridgehead atoms. The predicted molar refractivity (Wildman–Crippen MR) is 70.9 cm³/mol. The molecule has 0 unspecified atom stereocenters. The molecule has 1 heterocycles. The van der Waals surface area contributed by atoms with Crippen molar-refractivity contribution in [2.45, 2.75) is 6.92 Å². The van der Waals surface area contributed by atoms with Gasteiger partial charge in [-0.1, -0.05) is 0 Å². The Morgan fingerprint density at radius 1 is 1.17 bits per heavy atom. The second-order valence-corrected chi connectivity index (χ2v) is 4.13. The van der Waals surface area contributed by atoms with Crippen molar-refractivity contribution in [1.82, 2.24) is 9.78 Å². The number of ether oxygens (including phenoxy) is 2. The van der Waals surface area contributed by atoms with E-state index >= 15 is 0 Å². The normalized spacial score (nSPS) is 10.4. The maximum absolute atomic E-state index is 5.81.